The second-order valence-electron chi connectivity index (χ2n) is 3.51. The highest BCUT2D eigenvalue weighted by atomic mass is 35.5. The van der Waals surface area contributed by atoms with Crippen LogP contribution >= 0.6 is 23.2 Å². The molecule has 2 heteroatoms. The van der Waals surface area contributed by atoms with E-state index in [0.717, 1.165) is 28.5 Å². The van der Waals surface area contributed by atoms with Crippen LogP contribution in [0.25, 0.3) is 0 Å². The molecule has 13 heavy (non-hydrogen) atoms. The first kappa shape index (κ1) is 10.9. The zero-order valence-corrected chi connectivity index (χ0v) is 9.49. The molecule has 0 spiro atoms. The molecular weight excluding hydrogens is 203 g/mol. The highest BCUT2D eigenvalue weighted by Crippen LogP contribution is 2.31. The molecule has 0 saturated carbocycles. The molecule has 0 bridgehead atoms. The van der Waals surface area contributed by atoms with Crippen LogP contribution in [0.2, 0.25) is 0 Å². The molecule has 0 nitrogen and oxygen atoms in total. The number of hydrogen-bond donors (Lipinski definition) is 0. The van der Waals surface area contributed by atoms with E-state index in [1.54, 1.807) is 0 Å². The minimum absolute atomic E-state index is 0.531. The smallest absolute Gasteiger partial charge is 0.0450 e. The number of rotatable bonds is 2. The average molecular weight is 217 g/mol. The molecule has 0 aromatic heterocycles. The Balaban J connectivity index is 2.82. The molecular formula is C11H14Cl2. The second kappa shape index (κ2) is 4.88. The minimum Gasteiger partial charge on any atom is -0.0884 e. The zero-order valence-electron chi connectivity index (χ0n) is 7.98. The third kappa shape index (κ3) is 3.21. The normalized spacial score (nSPS) is 18.7. The summed E-state index contributed by atoms with van der Waals surface area (Å²) in [5.74, 6) is 0.531. The molecule has 1 rings (SSSR count). The number of allylic oxidation sites excluding steroid dienone is 6. The molecule has 0 aliphatic heterocycles. The lowest BCUT2D eigenvalue weighted by atomic mass is 10.0. The standard InChI is InChI=1S/C11H14Cl2/c1-8(2)6-7-9-10(12)4-3-5-11(9)13/h4,6-8H,3,5H2,1-2H3/b7-6+. The summed E-state index contributed by atoms with van der Waals surface area (Å²) in [6, 6.07) is 0. The largest absolute Gasteiger partial charge is 0.0884 e. The molecule has 0 radical (unpaired) electrons. The fourth-order valence-electron chi connectivity index (χ4n) is 1.16. The van der Waals surface area contributed by atoms with Gasteiger partial charge in [0, 0.05) is 15.6 Å². The molecule has 0 atom stereocenters. The summed E-state index contributed by atoms with van der Waals surface area (Å²) in [4.78, 5) is 0. The number of halogens is 2. The van der Waals surface area contributed by atoms with Crippen LogP contribution in [0.1, 0.15) is 26.7 Å². The molecule has 0 aromatic carbocycles. The molecule has 0 amide bonds. The van der Waals surface area contributed by atoms with Crippen molar-refractivity contribution in [3.05, 3.63) is 33.9 Å². The summed E-state index contributed by atoms with van der Waals surface area (Å²) in [6.07, 6.45) is 8.02. The van der Waals surface area contributed by atoms with Gasteiger partial charge in [-0.3, -0.25) is 0 Å². The van der Waals surface area contributed by atoms with E-state index in [1.807, 2.05) is 12.2 Å². The SMILES string of the molecule is CC(C)/C=C/C1=C(Cl)CCC=C1Cl. The maximum Gasteiger partial charge on any atom is 0.0450 e. The molecule has 0 unspecified atom stereocenters. The van der Waals surface area contributed by atoms with E-state index in [-0.39, 0.29) is 0 Å². The van der Waals surface area contributed by atoms with Crippen molar-refractivity contribution in [2.45, 2.75) is 26.7 Å². The maximum absolute atomic E-state index is 6.06. The van der Waals surface area contributed by atoms with Crippen LogP contribution in [0.5, 0.6) is 0 Å². The third-order valence-corrected chi connectivity index (χ3v) is 2.64. The van der Waals surface area contributed by atoms with E-state index in [1.165, 1.54) is 0 Å². The van der Waals surface area contributed by atoms with Crippen molar-refractivity contribution in [1.82, 2.24) is 0 Å². The Bertz CT molecular complexity index is 270. The predicted molar refractivity (Wildman–Crippen MR) is 60.0 cm³/mol. The van der Waals surface area contributed by atoms with Gasteiger partial charge in [-0.1, -0.05) is 55.3 Å². The van der Waals surface area contributed by atoms with Gasteiger partial charge in [-0.2, -0.15) is 0 Å². The summed E-state index contributed by atoms with van der Waals surface area (Å²) in [5.41, 5.74) is 0.989. The maximum atomic E-state index is 6.06. The highest BCUT2D eigenvalue weighted by Gasteiger charge is 2.09. The van der Waals surface area contributed by atoms with Gasteiger partial charge in [0.1, 0.15) is 0 Å². The quantitative estimate of drug-likeness (QED) is 0.633. The first-order valence-corrected chi connectivity index (χ1v) is 5.29. The highest BCUT2D eigenvalue weighted by molar-refractivity contribution is 6.36. The van der Waals surface area contributed by atoms with Gasteiger partial charge in [-0.05, 0) is 18.8 Å². The summed E-state index contributed by atoms with van der Waals surface area (Å²) in [6.45, 7) is 4.26. The Morgan fingerprint density at radius 2 is 2.08 bits per heavy atom. The first-order chi connectivity index (χ1) is 6.11. The molecule has 1 aliphatic carbocycles. The van der Waals surface area contributed by atoms with E-state index in [2.05, 4.69) is 19.9 Å². The summed E-state index contributed by atoms with van der Waals surface area (Å²) < 4.78 is 0. The van der Waals surface area contributed by atoms with Crippen LogP contribution < -0.4 is 0 Å². The van der Waals surface area contributed by atoms with Crippen molar-refractivity contribution in [2.24, 2.45) is 5.92 Å². The minimum atomic E-state index is 0.531. The van der Waals surface area contributed by atoms with Gasteiger partial charge in [0.2, 0.25) is 0 Å². The summed E-state index contributed by atoms with van der Waals surface area (Å²) in [7, 11) is 0. The van der Waals surface area contributed by atoms with Crippen LogP contribution in [-0.4, -0.2) is 0 Å². The van der Waals surface area contributed by atoms with Crippen molar-refractivity contribution >= 4 is 23.2 Å². The van der Waals surface area contributed by atoms with E-state index < -0.39 is 0 Å². The van der Waals surface area contributed by atoms with E-state index in [0.29, 0.717) is 5.92 Å². The van der Waals surface area contributed by atoms with Crippen molar-refractivity contribution in [3.8, 4) is 0 Å². The number of hydrogen-bond acceptors (Lipinski definition) is 0. The van der Waals surface area contributed by atoms with Crippen LogP contribution in [-0.2, 0) is 0 Å². The van der Waals surface area contributed by atoms with Crippen molar-refractivity contribution in [3.63, 3.8) is 0 Å². The molecule has 72 valence electrons. The molecule has 0 aromatic rings. The van der Waals surface area contributed by atoms with Crippen molar-refractivity contribution in [2.75, 3.05) is 0 Å². The second-order valence-corrected chi connectivity index (χ2v) is 4.38. The lowest BCUT2D eigenvalue weighted by Gasteiger charge is -2.10. The topological polar surface area (TPSA) is 0 Å². The summed E-state index contributed by atoms with van der Waals surface area (Å²) >= 11 is 12.1. The lowest BCUT2D eigenvalue weighted by molar-refractivity contribution is 0.830. The fraction of sp³-hybridized carbons (Fsp3) is 0.455. The van der Waals surface area contributed by atoms with Crippen molar-refractivity contribution < 1.29 is 0 Å². The van der Waals surface area contributed by atoms with E-state index in [4.69, 9.17) is 23.2 Å². The Hall–Kier alpha value is -0.200. The predicted octanol–water partition coefficient (Wildman–Crippen LogP) is 4.61. The van der Waals surface area contributed by atoms with Gasteiger partial charge < -0.3 is 0 Å². The van der Waals surface area contributed by atoms with Crippen molar-refractivity contribution in [1.29, 1.82) is 0 Å². The molecule has 1 aliphatic rings. The third-order valence-electron chi connectivity index (χ3n) is 1.88. The van der Waals surface area contributed by atoms with Crippen LogP contribution in [0.4, 0.5) is 0 Å². The Morgan fingerprint density at radius 3 is 2.62 bits per heavy atom. The molecule has 0 N–H and O–H groups in total. The van der Waals surface area contributed by atoms with Gasteiger partial charge in [0.15, 0.2) is 0 Å². The fourth-order valence-corrected chi connectivity index (χ4v) is 1.77. The Labute approximate surface area is 89.9 Å². The monoisotopic (exact) mass is 216 g/mol. The van der Waals surface area contributed by atoms with Crippen LogP contribution in [0.3, 0.4) is 0 Å². The van der Waals surface area contributed by atoms with Gasteiger partial charge in [-0.15, -0.1) is 0 Å². The Kier molecular flexibility index (Phi) is 4.08. The zero-order chi connectivity index (χ0) is 9.84. The van der Waals surface area contributed by atoms with Gasteiger partial charge in [0.25, 0.3) is 0 Å². The van der Waals surface area contributed by atoms with Crippen LogP contribution in [0, 0.1) is 5.92 Å². The summed E-state index contributed by atoms with van der Waals surface area (Å²) in [5, 5.41) is 1.66. The molecule has 0 fully saturated rings. The van der Waals surface area contributed by atoms with Crippen LogP contribution in [0.15, 0.2) is 33.9 Å². The lowest BCUT2D eigenvalue weighted by Crippen LogP contribution is -1.92. The van der Waals surface area contributed by atoms with E-state index >= 15 is 0 Å². The van der Waals surface area contributed by atoms with Gasteiger partial charge >= 0.3 is 0 Å². The first-order valence-electron chi connectivity index (χ1n) is 4.54. The Morgan fingerprint density at radius 1 is 1.38 bits per heavy atom. The molecule has 0 heterocycles. The van der Waals surface area contributed by atoms with Gasteiger partial charge in [0.05, 0.1) is 0 Å². The van der Waals surface area contributed by atoms with Gasteiger partial charge in [-0.25, -0.2) is 0 Å². The van der Waals surface area contributed by atoms with E-state index in [9.17, 15) is 0 Å². The average Bonchev–Trinajstić information content (AvgIpc) is 2.03. The molecule has 0 saturated heterocycles.